The van der Waals surface area contributed by atoms with E-state index in [-0.39, 0.29) is 31.1 Å². The monoisotopic (exact) mass is 468 g/mol. The van der Waals surface area contributed by atoms with Gasteiger partial charge in [0, 0.05) is 18.3 Å². The molecule has 0 aromatic carbocycles. The number of rotatable bonds is 14. The van der Waals surface area contributed by atoms with Crippen molar-refractivity contribution in [3.05, 3.63) is 18.2 Å². The third kappa shape index (κ3) is 10.00. The third-order valence-electron chi connectivity index (χ3n) is 4.81. The van der Waals surface area contributed by atoms with Crippen LogP contribution >= 0.6 is 0 Å². The molecule has 12 heteroatoms. The molecule has 3 amide bonds. The molecule has 4 atom stereocenters. The fourth-order valence-corrected chi connectivity index (χ4v) is 3.14. The number of aliphatic carboxylic acids is 1. The van der Waals surface area contributed by atoms with Crippen molar-refractivity contribution < 1.29 is 29.4 Å². The van der Waals surface area contributed by atoms with Gasteiger partial charge in [0.2, 0.25) is 17.7 Å². The van der Waals surface area contributed by atoms with Gasteiger partial charge < -0.3 is 36.9 Å². The second kappa shape index (κ2) is 13.5. The molecular formula is C21H36N6O6. The number of nitrogens with zero attached hydrogens (tertiary/aromatic N) is 1. The normalized spacial score (nSPS) is 14.9. The number of carbonyl (C=O) groups is 4. The Labute approximate surface area is 193 Å². The van der Waals surface area contributed by atoms with Crippen LogP contribution in [0.5, 0.6) is 0 Å². The van der Waals surface area contributed by atoms with Crippen molar-refractivity contribution in [3.8, 4) is 0 Å². The molecule has 0 spiro atoms. The van der Waals surface area contributed by atoms with Crippen LogP contribution in [0.15, 0.2) is 12.5 Å². The Hall–Kier alpha value is -2.99. The maximum absolute atomic E-state index is 12.8. The molecule has 33 heavy (non-hydrogen) atoms. The number of amides is 3. The first kappa shape index (κ1) is 28.0. The minimum atomic E-state index is -1.33. The van der Waals surface area contributed by atoms with Crippen molar-refractivity contribution in [2.24, 2.45) is 17.6 Å². The molecule has 4 unspecified atom stereocenters. The molecule has 1 aromatic rings. The lowest BCUT2D eigenvalue weighted by atomic mass is 10.00. The average Bonchev–Trinajstić information content (AvgIpc) is 3.22. The van der Waals surface area contributed by atoms with Crippen LogP contribution in [0.1, 0.15) is 46.2 Å². The van der Waals surface area contributed by atoms with Gasteiger partial charge in [0.1, 0.15) is 18.1 Å². The zero-order chi connectivity index (χ0) is 25.1. The summed E-state index contributed by atoms with van der Waals surface area (Å²) in [4.78, 5) is 56.0. The van der Waals surface area contributed by atoms with E-state index in [9.17, 15) is 29.4 Å². The van der Waals surface area contributed by atoms with E-state index < -0.39 is 54.5 Å². The second-order valence-electron chi connectivity index (χ2n) is 8.85. The topological polar surface area (TPSA) is 200 Å². The zero-order valence-electron chi connectivity index (χ0n) is 19.5. The molecule has 1 heterocycles. The Bertz CT molecular complexity index is 782. The van der Waals surface area contributed by atoms with E-state index in [0.717, 1.165) is 0 Å². The number of aromatic nitrogens is 2. The summed E-state index contributed by atoms with van der Waals surface area (Å²) in [5, 5.41) is 26.4. The average molecular weight is 469 g/mol. The number of hydrogen-bond donors (Lipinski definition) is 7. The van der Waals surface area contributed by atoms with Crippen LogP contribution in [-0.4, -0.2) is 74.6 Å². The molecule has 0 fully saturated rings. The Kier molecular flexibility index (Phi) is 11.5. The van der Waals surface area contributed by atoms with Gasteiger partial charge in [0.25, 0.3) is 0 Å². The number of carboxylic acid groups (broad SMARTS) is 1. The van der Waals surface area contributed by atoms with E-state index in [0.29, 0.717) is 5.69 Å². The van der Waals surface area contributed by atoms with Crippen LogP contribution in [0.25, 0.3) is 0 Å². The van der Waals surface area contributed by atoms with Crippen LogP contribution in [0.3, 0.4) is 0 Å². The minimum Gasteiger partial charge on any atom is -0.480 e. The summed E-state index contributed by atoms with van der Waals surface area (Å²) in [6, 6.07) is -4.47. The molecule has 1 aromatic heterocycles. The Morgan fingerprint density at radius 2 is 1.45 bits per heavy atom. The number of carboxylic acids is 1. The quantitative estimate of drug-likeness (QED) is 0.178. The molecule has 186 valence electrons. The van der Waals surface area contributed by atoms with Crippen LogP contribution in [-0.2, 0) is 25.6 Å². The van der Waals surface area contributed by atoms with Gasteiger partial charge in [0.05, 0.1) is 19.0 Å². The van der Waals surface area contributed by atoms with Crippen molar-refractivity contribution >= 4 is 23.7 Å². The summed E-state index contributed by atoms with van der Waals surface area (Å²) in [6.45, 7) is 6.64. The number of H-pyrrole nitrogens is 1. The molecule has 0 saturated carbocycles. The minimum absolute atomic E-state index is 0.000535. The predicted molar refractivity (Wildman–Crippen MR) is 120 cm³/mol. The van der Waals surface area contributed by atoms with Gasteiger partial charge in [-0.25, -0.2) is 9.78 Å². The number of nitrogens with one attached hydrogen (secondary N) is 4. The highest BCUT2D eigenvalue weighted by Crippen LogP contribution is 2.09. The highest BCUT2D eigenvalue weighted by Gasteiger charge is 2.30. The van der Waals surface area contributed by atoms with Crippen molar-refractivity contribution in [2.45, 2.75) is 71.1 Å². The Morgan fingerprint density at radius 1 is 0.939 bits per heavy atom. The predicted octanol–water partition coefficient (Wildman–Crippen LogP) is -1.10. The summed E-state index contributed by atoms with van der Waals surface area (Å²) in [6.07, 6.45) is 3.57. The smallest absolute Gasteiger partial charge is 0.326 e. The van der Waals surface area contributed by atoms with E-state index in [2.05, 4.69) is 25.9 Å². The van der Waals surface area contributed by atoms with Crippen molar-refractivity contribution in [2.75, 3.05) is 6.61 Å². The number of carbonyl (C=O) groups excluding carboxylic acids is 3. The SMILES string of the molecule is CC(C)CC(NC(=O)C(CC(C)C)NC(=O)C(CO)NC(=O)C(N)Cc1cnc[nH]1)C(=O)O. The van der Waals surface area contributed by atoms with Crippen LogP contribution in [0.4, 0.5) is 0 Å². The van der Waals surface area contributed by atoms with Gasteiger partial charge >= 0.3 is 5.97 Å². The maximum Gasteiger partial charge on any atom is 0.326 e. The van der Waals surface area contributed by atoms with Gasteiger partial charge in [-0.3, -0.25) is 14.4 Å². The number of imidazole rings is 1. The highest BCUT2D eigenvalue weighted by atomic mass is 16.4. The number of aromatic amines is 1. The molecule has 0 aliphatic carbocycles. The Morgan fingerprint density at radius 3 is 1.94 bits per heavy atom. The summed E-state index contributed by atoms with van der Waals surface area (Å²) < 4.78 is 0. The number of aliphatic hydroxyl groups excluding tert-OH is 1. The lowest BCUT2D eigenvalue weighted by Gasteiger charge is -2.25. The summed E-state index contributed by atoms with van der Waals surface area (Å²) in [7, 11) is 0. The van der Waals surface area contributed by atoms with E-state index in [1.54, 1.807) is 0 Å². The van der Waals surface area contributed by atoms with E-state index in [1.165, 1.54) is 12.5 Å². The lowest BCUT2D eigenvalue weighted by Crippen LogP contribution is -2.58. The molecule has 0 saturated heterocycles. The molecule has 12 nitrogen and oxygen atoms in total. The largest absolute Gasteiger partial charge is 0.480 e. The van der Waals surface area contributed by atoms with Gasteiger partial charge in [-0.1, -0.05) is 27.7 Å². The molecule has 8 N–H and O–H groups in total. The summed E-state index contributed by atoms with van der Waals surface area (Å²) in [5.41, 5.74) is 6.49. The maximum atomic E-state index is 12.8. The highest BCUT2D eigenvalue weighted by molar-refractivity contribution is 5.94. The van der Waals surface area contributed by atoms with E-state index >= 15 is 0 Å². The summed E-state index contributed by atoms with van der Waals surface area (Å²) in [5.74, 6) is -3.23. The molecule has 0 aliphatic heterocycles. The van der Waals surface area contributed by atoms with Gasteiger partial charge in [-0.15, -0.1) is 0 Å². The molecule has 0 bridgehead atoms. The van der Waals surface area contributed by atoms with Crippen molar-refractivity contribution in [1.82, 2.24) is 25.9 Å². The lowest BCUT2D eigenvalue weighted by molar-refractivity contribution is -0.143. The van der Waals surface area contributed by atoms with Crippen LogP contribution in [0.2, 0.25) is 0 Å². The van der Waals surface area contributed by atoms with Gasteiger partial charge in [-0.2, -0.15) is 0 Å². The summed E-state index contributed by atoms with van der Waals surface area (Å²) >= 11 is 0. The van der Waals surface area contributed by atoms with Crippen LogP contribution < -0.4 is 21.7 Å². The molecule has 0 aliphatic rings. The number of hydrogen-bond acceptors (Lipinski definition) is 7. The molecule has 0 radical (unpaired) electrons. The third-order valence-corrected chi connectivity index (χ3v) is 4.81. The second-order valence-corrected chi connectivity index (χ2v) is 8.85. The number of aliphatic hydroxyl groups is 1. The molecule has 1 rings (SSSR count). The van der Waals surface area contributed by atoms with Crippen LogP contribution in [0, 0.1) is 11.8 Å². The van der Waals surface area contributed by atoms with Gasteiger partial charge in [0.15, 0.2) is 0 Å². The fourth-order valence-electron chi connectivity index (χ4n) is 3.14. The number of nitrogens with two attached hydrogens (primary N) is 1. The first-order valence-corrected chi connectivity index (χ1v) is 10.9. The van der Waals surface area contributed by atoms with Crippen molar-refractivity contribution in [3.63, 3.8) is 0 Å². The zero-order valence-corrected chi connectivity index (χ0v) is 19.5. The van der Waals surface area contributed by atoms with Crippen molar-refractivity contribution in [1.29, 1.82) is 0 Å². The standard InChI is InChI=1S/C21H36N6O6/c1-11(2)5-15(19(30)26-16(21(32)33)6-12(3)4)25-20(31)17(9-28)27-18(29)14(22)7-13-8-23-10-24-13/h8,10-12,14-17,28H,5-7,9,22H2,1-4H3,(H,23,24)(H,25,31)(H,26,30)(H,27,29)(H,32,33). The first-order chi connectivity index (χ1) is 15.4. The van der Waals surface area contributed by atoms with E-state index in [4.69, 9.17) is 5.73 Å². The molecular weight excluding hydrogens is 432 g/mol. The fraction of sp³-hybridized carbons (Fsp3) is 0.667. The van der Waals surface area contributed by atoms with E-state index in [1.807, 2.05) is 27.7 Å². The van der Waals surface area contributed by atoms with Gasteiger partial charge in [-0.05, 0) is 24.7 Å². The Balaban J connectivity index is 2.81. The first-order valence-electron chi connectivity index (χ1n) is 10.9.